The first-order chi connectivity index (χ1) is 11.2. The van der Waals surface area contributed by atoms with Crippen molar-refractivity contribution < 1.29 is 9.59 Å². The highest BCUT2D eigenvalue weighted by molar-refractivity contribution is 5.95. The van der Waals surface area contributed by atoms with Gasteiger partial charge in [-0.05, 0) is 30.9 Å². The molecule has 1 N–H and O–H groups in total. The van der Waals surface area contributed by atoms with Gasteiger partial charge in [-0.15, -0.1) is 0 Å². The predicted molar refractivity (Wildman–Crippen MR) is 96.2 cm³/mol. The van der Waals surface area contributed by atoms with Gasteiger partial charge in [-0.2, -0.15) is 0 Å². The molecular weight excluding hydrogens is 302 g/mol. The number of amides is 3. The summed E-state index contributed by atoms with van der Waals surface area (Å²) in [6, 6.07) is 5.86. The Morgan fingerprint density at radius 1 is 1.04 bits per heavy atom. The third kappa shape index (κ3) is 4.73. The van der Waals surface area contributed by atoms with Crippen molar-refractivity contribution in [2.24, 2.45) is 5.41 Å². The van der Waals surface area contributed by atoms with Crippen molar-refractivity contribution in [2.75, 3.05) is 32.7 Å². The molecule has 5 nitrogen and oxygen atoms in total. The van der Waals surface area contributed by atoms with Crippen LogP contribution in [0.25, 0.3) is 0 Å². The molecule has 2 rings (SSSR count). The molecule has 0 aromatic heterocycles. The molecule has 0 saturated carbocycles. The van der Waals surface area contributed by atoms with E-state index in [0.717, 1.165) is 16.7 Å². The first kappa shape index (κ1) is 18.3. The minimum absolute atomic E-state index is 0.0384. The molecule has 0 spiro atoms. The van der Waals surface area contributed by atoms with Gasteiger partial charge in [0.1, 0.15) is 0 Å². The molecular formula is C19H29N3O2. The summed E-state index contributed by atoms with van der Waals surface area (Å²) >= 11 is 0. The van der Waals surface area contributed by atoms with Crippen LogP contribution in [0.3, 0.4) is 0 Å². The van der Waals surface area contributed by atoms with E-state index in [4.69, 9.17) is 0 Å². The minimum atomic E-state index is -0.0384. The SMILES string of the molecule is Cc1ccc(C(=O)N2CCN(C(=O)NCC(C)(C)C)CC2)c(C)c1. The van der Waals surface area contributed by atoms with E-state index < -0.39 is 0 Å². The fourth-order valence-corrected chi connectivity index (χ4v) is 2.79. The Balaban J connectivity index is 1.90. The quantitative estimate of drug-likeness (QED) is 0.906. The molecule has 0 atom stereocenters. The number of benzene rings is 1. The van der Waals surface area contributed by atoms with Crippen LogP contribution in [0.5, 0.6) is 0 Å². The molecule has 0 aliphatic carbocycles. The van der Waals surface area contributed by atoms with Crippen molar-refractivity contribution in [1.82, 2.24) is 15.1 Å². The summed E-state index contributed by atoms with van der Waals surface area (Å²) in [5.41, 5.74) is 2.98. The number of carbonyl (C=O) groups is 2. The molecule has 132 valence electrons. The predicted octanol–water partition coefficient (Wildman–Crippen LogP) is 2.82. The molecule has 1 aliphatic heterocycles. The number of hydrogen-bond donors (Lipinski definition) is 1. The average molecular weight is 331 g/mol. The van der Waals surface area contributed by atoms with E-state index >= 15 is 0 Å². The fraction of sp³-hybridized carbons (Fsp3) is 0.579. The molecule has 0 bridgehead atoms. The van der Waals surface area contributed by atoms with Crippen LogP contribution in [0, 0.1) is 19.3 Å². The summed E-state index contributed by atoms with van der Waals surface area (Å²) in [5.74, 6) is 0.0576. The highest BCUT2D eigenvalue weighted by atomic mass is 16.2. The van der Waals surface area contributed by atoms with Crippen LogP contribution in [0.2, 0.25) is 0 Å². The second-order valence-corrected chi connectivity index (χ2v) is 7.82. The molecule has 1 aliphatic rings. The van der Waals surface area contributed by atoms with Gasteiger partial charge in [0, 0.05) is 38.3 Å². The van der Waals surface area contributed by atoms with Crippen molar-refractivity contribution in [2.45, 2.75) is 34.6 Å². The van der Waals surface area contributed by atoms with E-state index in [-0.39, 0.29) is 17.4 Å². The topological polar surface area (TPSA) is 52.7 Å². The summed E-state index contributed by atoms with van der Waals surface area (Å²) in [5, 5.41) is 2.97. The summed E-state index contributed by atoms with van der Waals surface area (Å²) in [7, 11) is 0. The zero-order chi connectivity index (χ0) is 17.9. The van der Waals surface area contributed by atoms with Gasteiger partial charge in [0.2, 0.25) is 0 Å². The first-order valence-electron chi connectivity index (χ1n) is 8.57. The van der Waals surface area contributed by atoms with E-state index in [2.05, 4.69) is 26.1 Å². The standard InChI is InChI=1S/C19H29N3O2/c1-14-6-7-16(15(2)12-14)17(23)21-8-10-22(11-9-21)18(24)20-13-19(3,4)5/h6-7,12H,8-11,13H2,1-5H3,(H,20,24). The lowest BCUT2D eigenvalue weighted by Crippen LogP contribution is -2.54. The van der Waals surface area contributed by atoms with Crippen LogP contribution in [0.4, 0.5) is 4.79 Å². The number of hydrogen-bond acceptors (Lipinski definition) is 2. The molecule has 1 fully saturated rings. The number of piperazine rings is 1. The molecule has 24 heavy (non-hydrogen) atoms. The number of urea groups is 1. The number of aryl methyl sites for hydroxylation is 2. The summed E-state index contributed by atoms with van der Waals surface area (Å²) < 4.78 is 0. The Hall–Kier alpha value is -2.04. The van der Waals surface area contributed by atoms with Gasteiger partial charge in [0.15, 0.2) is 0 Å². The Morgan fingerprint density at radius 3 is 2.17 bits per heavy atom. The van der Waals surface area contributed by atoms with Crippen LogP contribution in [0.15, 0.2) is 18.2 Å². The van der Waals surface area contributed by atoms with Gasteiger partial charge < -0.3 is 15.1 Å². The smallest absolute Gasteiger partial charge is 0.317 e. The zero-order valence-electron chi connectivity index (χ0n) is 15.5. The monoisotopic (exact) mass is 331 g/mol. The third-order valence-electron chi connectivity index (χ3n) is 4.24. The Bertz CT molecular complexity index is 612. The lowest BCUT2D eigenvalue weighted by Gasteiger charge is -2.35. The van der Waals surface area contributed by atoms with Crippen molar-refractivity contribution in [3.8, 4) is 0 Å². The van der Waals surface area contributed by atoms with Crippen LogP contribution < -0.4 is 5.32 Å². The Morgan fingerprint density at radius 2 is 1.62 bits per heavy atom. The van der Waals surface area contributed by atoms with Gasteiger partial charge in [-0.25, -0.2) is 4.79 Å². The average Bonchev–Trinajstić information content (AvgIpc) is 2.51. The Labute approximate surface area is 145 Å². The van der Waals surface area contributed by atoms with Crippen LogP contribution in [-0.4, -0.2) is 54.5 Å². The summed E-state index contributed by atoms with van der Waals surface area (Å²) in [4.78, 5) is 28.5. The molecule has 1 saturated heterocycles. The van der Waals surface area contributed by atoms with Gasteiger partial charge in [-0.3, -0.25) is 4.79 Å². The van der Waals surface area contributed by atoms with E-state index in [1.54, 1.807) is 4.90 Å². The van der Waals surface area contributed by atoms with Crippen molar-refractivity contribution in [3.63, 3.8) is 0 Å². The zero-order valence-corrected chi connectivity index (χ0v) is 15.5. The van der Waals surface area contributed by atoms with E-state index in [1.807, 2.05) is 36.9 Å². The third-order valence-corrected chi connectivity index (χ3v) is 4.24. The second kappa shape index (κ2) is 7.24. The number of nitrogens with one attached hydrogen (secondary N) is 1. The number of carbonyl (C=O) groups excluding carboxylic acids is 2. The lowest BCUT2D eigenvalue weighted by molar-refractivity contribution is 0.0663. The summed E-state index contributed by atoms with van der Waals surface area (Å²) in [6.07, 6.45) is 0. The fourth-order valence-electron chi connectivity index (χ4n) is 2.79. The van der Waals surface area contributed by atoms with Crippen molar-refractivity contribution in [3.05, 3.63) is 34.9 Å². The maximum atomic E-state index is 12.7. The largest absolute Gasteiger partial charge is 0.337 e. The highest BCUT2D eigenvalue weighted by Gasteiger charge is 2.26. The molecule has 0 radical (unpaired) electrons. The van der Waals surface area contributed by atoms with E-state index in [9.17, 15) is 9.59 Å². The second-order valence-electron chi connectivity index (χ2n) is 7.82. The minimum Gasteiger partial charge on any atom is -0.337 e. The lowest BCUT2D eigenvalue weighted by atomic mass is 9.97. The van der Waals surface area contributed by atoms with E-state index in [1.165, 1.54) is 0 Å². The maximum absolute atomic E-state index is 12.7. The van der Waals surface area contributed by atoms with Crippen LogP contribution >= 0.6 is 0 Å². The Kier molecular flexibility index (Phi) is 5.52. The number of rotatable bonds is 2. The van der Waals surface area contributed by atoms with Crippen LogP contribution in [0.1, 0.15) is 42.3 Å². The van der Waals surface area contributed by atoms with Gasteiger partial charge in [0.05, 0.1) is 0 Å². The van der Waals surface area contributed by atoms with Gasteiger partial charge in [0.25, 0.3) is 5.91 Å². The molecule has 1 aromatic carbocycles. The van der Waals surface area contributed by atoms with E-state index in [0.29, 0.717) is 32.7 Å². The maximum Gasteiger partial charge on any atom is 0.317 e. The first-order valence-corrected chi connectivity index (χ1v) is 8.57. The molecule has 5 heteroatoms. The van der Waals surface area contributed by atoms with Gasteiger partial charge >= 0.3 is 6.03 Å². The molecule has 0 unspecified atom stereocenters. The van der Waals surface area contributed by atoms with Crippen LogP contribution in [-0.2, 0) is 0 Å². The highest BCUT2D eigenvalue weighted by Crippen LogP contribution is 2.15. The molecule has 1 aromatic rings. The number of nitrogens with zero attached hydrogens (tertiary/aromatic N) is 2. The van der Waals surface area contributed by atoms with Crippen molar-refractivity contribution in [1.29, 1.82) is 0 Å². The summed E-state index contributed by atoms with van der Waals surface area (Å²) in [6.45, 7) is 13.2. The van der Waals surface area contributed by atoms with Crippen molar-refractivity contribution >= 4 is 11.9 Å². The molecule has 1 heterocycles. The van der Waals surface area contributed by atoms with Gasteiger partial charge in [-0.1, -0.05) is 38.5 Å². The molecule has 3 amide bonds. The normalized spacial score (nSPS) is 15.4.